The Morgan fingerprint density at radius 2 is 1.64 bits per heavy atom. The van der Waals surface area contributed by atoms with Crippen molar-refractivity contribution in [2.24, 2.45) is 11.8 Å². The smallest absolute Gasteiger partial charge is 0.223 e. The molecule has 3 aliphatic rings. The molecule has 2 saturated carbocycles. The molecule has 2 aliphatic carbocycles. The van der Waals surface area contributed by atoms with Gasteiger partial charge in [0.05, 0.1) is 0 Å². The Morgan fingerprint density at radius 3 is 2.32 bits per heavy atom. The van der Waals surface area contributed by atoms with E-state index >= 15 is 0 Å². The fourth-order valence-electron chi connectivity index (χ4n) is 4.80. The zero-order valence-electron chi connectivity index (χ0n) is 15.7. The number of amides is 2. The number of nitrogens with one attached hydrogen (secondary N) is 3. The maximum Gasteiger partial charge on any atom is 0.223 e. The summed E-state index contributed by atoms with van der Waals surface area (Å²) in [6.07, 6.45) is 11.6. The quantitative estimate of drug-likeness (QED) is 0.714. The van der Waals surface area contributed by atoms with E-state index in [1.165, 1.54) is 25.7 Å². The van der Waals surface area contributed by atoms with Gasteiger partial charge in [-0.3, -0.25) is 9.59 Å². The Bertz CT molecular complexity index is 454. The first-order valence-corrected chi connectivity index (χ1v) is 10.4. The highest BCUT2D eigenvalue weighted by Gasteiger charge is 2.30. The minimum Gasteiger partial charge on any atom is -0.353 e. The average Bonchev–Trinajstić information content (AvgIpc) is 3.10. The van der Waals surface area contributed by atoms with E-state index in [1.54, 1.807) is 0 Å². The summed E-state index contributed by atoms with van der Waals surface area (Å²) in [6.45, 7) is 3.21. The van der Waals surface area contributed by atoms with Gasteiger partial charge in [0.15, 0.2) is 0 Å². The van der Waals surface area contributed by atoms with Gasteiger partial charge in [0, 0.05) is 30.5 Å². The Hall–Kier alpha value is -1.10. The number of carbonyl (C=O) groups excluding carboxylic acids is 2. The molecule has 2 amide bonds. The molecule has 25 heavy (non-hydrogen) atoms. The van der Waals surface area contributed by atoms with Gasteiger partial charge < -0.3 is 16.0 Å². The molecule has 0 aromatic carbocycles. The van der Waals surface area contributed by atoms with Gasteiger partial charge in [-0.05, 0) is 70.8 Å². The molecule has 3 N–H and O–H groups in total. The maximum absolute atomic E-state index is 12.5. The second kappa shape index (κ2) is 9.02. The Kier molecular flexibility index (Phi) is 6.74. The molecule has 0 radical (unpaired) electrons. The Labute approximate surface area is 152 Å². The van der Waals surface area contributed by atoms with Crippen LogP contribution in [-0.2, 0) is 9.59 Å². The van der Waals surface area contributed by atoms with Crippen molar-refractivity contribution in [3.05, 3.63) is 0 Å². The van der Waals surface area contributed by atoms with Crippen LogP contribution in [0, 0.1) is 11.8 Å². The molecule has 5 nitrogen and oxygen atoms in total. The van der Waals surface area contributed by atoms with Crippen LogP contribution in [0.2, 0.25) is 0 Å². The zero-order chi connectivity index (χ0) is 17.6. The molecule has 3 fully saturated rings. The molecule has 1 heterocycles. The van der Waals surface area contributed by atoms with E-state index in [0.717, 1.165) is 45.1 Å². The molecule has 0 aromatic rings. The van der Waals surface area contributed by atoms with Crippen LogP contribution in [0.25, 0.3) is 0 Å². The zero-order valence-corrected chi connectivity index (χ0v) is 15.7. The van der Waals surface area contributed by atoms with Crippen LogP contribution in [0.5, 0.6) is 0 Å². The fourth-order valence-corrected chi connectivity index (χ4v) is 4.80. The summed E-state index contributed by atoms with van der Waals surface area (Å²) >= 11 is 0. The minimum atomic E-state index is 0.122. The van der Waals surface area contributed by atoms with Gasteiger partial charge in [0.1, 0.15) is 0 Å². The van der Waals surface area contributed by atoms with E-state index in [2.05, 4.69) is 22.9 Å². The van der Waals surface area contributed by atoms with Gasteiger partial charge in [-0.25, -0.2) is 0 Å². The molecule has 1 aliphatic heterocycles. The van der Waals surface area contributed by atoms with Crippen LogP contribution < -0.4 is 16.0 Å². The molecule has 0 aromatic heterocycles. The van der Waals surface area contributed by atoms with Gasteiger partial charge in [-0.1, -0.05) is 12.8 Å². The molecule has 2 atom stereocenters. The van der Waals surface area contributed by atoms with Crippen molar-refractivity contribution >= 4 is 11.8 Å². The normalized spacial score (nSPS) is 33.8. The third kappa shape index (κ3) is 5.44. The monoisotopic (exact) mass is 349 g/mol. The van der Waals surface area contributed by atoms with E-state index in [-0.39, 0.29) is 29.8 Å². The SMILES string of the molecule is CC1NCCCC1NC(=O)C1CCC(NC(=O)CC2CCCC2)CC1. The van der Waals surface area contributed by atoms with Crippen LogP contribution in [0.15, 0.2) is 0 Å². The van der Waals surface area contributed by atoms with Gasteiger partial charge in [0.2, 0.25) is 11.8 Å². The lowest BCUT2D eigenvalue weighted by Crippen LogP contribution is -2.53. The number of piperidine rings is 1. The van der Waals surface area contributed by atoms with E-state index in [1.807, 2.05) is 0 Å². The first-order chi connectivity index (χ1) is 12.1. The minimum absolute atomic E-state index is 0.122. The van der Waals surface area contributed by atoms with Crippen molar-refractivity contribution in [3.63, 3.8) is 0 Å². The third-order valence-corrected chi connectivity index (χ3v) is 6.50. The number of hydrogen-bond acceptors (Lipinski definition) is 3. The van der Waals surface area contributed by atoms with Crippen LogP contribution in [0.4, 0.5) is 0 Å². The first kappa shape index (κ1) is 18.7. The number of carbonyl (C=O) groups is 2. The van der Waals surface area contributed by atoms with Crippen LogP contribution >= 0.6 is 0 Å². The van der Waals surface area contributed by atoms with Crippen LogP contribution in [-0.4, -0.2) is 36.5 Å². The third-order valence-electron chi connectivity index (χ3n) is 6.50. The lowest BCUT2D eigenvalue weighted by molar-refractivity contribution is -0.127. The Morgan fingerprint density at radius 1 is 0.920 bits per heavy atom. The number of rotatable bonds is 5. The summed E-state index contributed by atoms with van der Waals surface area (Å²) in [6, 6.07) is 0.905. The molecule has 0 bridgehead atoms. The van der Waals surface area contributed by atoms with Gasteiger partial charge in [-0.2, -0.15) is 0 Å². The highest BCUT2D eigenvalue weighted by molar-refractivity contribution is 5.79. The van der Waals surface area contributed by atoms with E-state index in [4.69, 9.17) is 0 Å². The second-order valence-corrected chi connectivity index (χ2v) is 8.47. The molecule has 1 saturated heterocycles. The summed E-state index contributed by atoms with van der Waals surface area (Å²) < 4.78 is 0. The maximum atomic E-state index is 12.5. The molecule has 0 spiro atoms. The first-order valence-electron chi connectivity index (χ1n) is 10.4. The summed E-state index contributed by atoms with van der Waals surface area (Å²) in [5.74, 6) is 1.17. The molecule has 5 heteroatoms. The molecular formula is C20H35N3O2. The molecular weight excluding hydrogens is 314 g/mol. The predicted molar refractivity (Wildman–Crippen MR) is 99.1 cm³/mol. The molecule has 3 rings (SSSR count). The summed E-state index contributed by atoms with van der Waals surface area (Å²) in [7, 11) is 0. The van der Waals surface area contributed by atoms with Gasteiger partial charge >= 0.3 is 0 Å². The van der Waals surface area contributed by atoms with Crippen molar-refractivity contribution in [2.45, 2.75) is 95.7 Å². The van der Waals surface area contributed by atoms with Crippen LogP contribution in [0.1, 0.15) is 77.6 Å². The van der Waals surface area contributed by atoms with Gasteiger partial charge in [0.25, 0.3) is 0 Å². The van der Waals surface area contributed by atoms with Crippen molar-refractivity contribution in [1.29, 1.82) is 0 Å². The van der Waals surface area contributed by atoms with Crippen molar-refractivity contribution in [3.8, 4) is 0 Å². The summed E-state index contributed by atoms with van der Waals surface area (Å²) in [5, 5.41) is 9.90. The Balaban J connectivity index is 1.36. The van der Waals surface area contributed by atoms with Crippen molar-refractivity contribution < 1.29 is 9.59 Å². The molecule has 2 unspecified atom stereocenters. The fraction of sp³-hybridized carbons (Fsp3) is 0.900. The standard InChI is InChI=1S/C20H35N3O2/c1-14-18(7-4-12-21-14)23-20(25)16-8-10-17(11-9-16)22-19(24)13-15-5-2-3-6-15/h14-18,21H,2-13H2,1H3,(H,22,24)(H,23,25). The largest absolute Gasteiger partial charge is 0.353 e. The van der Waals surface area contributed by atoms with E-state index in [0.29, 0.717) is 18.4 Å². The lowest BCUT2D eigenvalue weighted by atomic mass is 9.84. The van der Waals surface area contributed by atoms with Crippen LogP contribution in [0.3, 0.4) is 0 Å². The highest BCUT2D eigenvalue weighted by atomic mass is 16.2. The van der Waals surface area contributed by atoms with E-state index < -0.39 is 0 Å². The molecule has 142 valence electrons. The van der Waals surface area contributed by atoms with Crippen molar-refractivity contribution in [2.75, 3.05) is 6.54 Å². The summed E-state index contributed by atoms with van der Waals surface area (Å²) in [4.78, 5) is 24.7. The summed E-state index contributed by atoms with van der Waals surface area (Å²) in [5.41, 5.74) is 0. The lowest BCUT2D eigenvalue weighted by Gasteiger charge is -2.34. The second-order valence-electron chi connectivity index (χ2n) is 8.47. The van der Waals surface area contributed by atoms with Gasteiger partial charge in [-0.15, -0.1) is 0 Å². The predicted octanol–water partition coefficient (Wildman–Crippen LogP) is 2.50. The highest BCUT2D eigenvalue weighted by Crippen LogP contribution is 2.28. The number of hydrogen-bond donors (Lipinski definition) is 3. The average molecular weight is 350 g/mol. The van der Waals surface area contributed by atoms with Crippen molar-refractivity contribution in [1.82, 2.24) is 16.0 Å². The van der Waals surface area contributed by atoms with E-state index in [9.17, 15) is 9.59 Å². The topological polar surface area (TPSA) is 70.2 Å².